The molecule has 0 unspecified atom stereocenters. The van der Waals surface area contributed by atoms with E-state index >= 15 is 0 Å². The molecule has 0 radical (unpaired) electrons. The lowest BCUT2D eigenvalue weighted by Gasteiger charge is -2.18. The van der Waals surface area contributed by atoms with Crippen LogP contribution >= 0.6 is 0 Å². The van der Waals surface area contributed by atoms with Crippen molar-refractivity contribution >= 4 is 17.7 Å². The van der Waals surface area contributed by atoms with Crippen LogP contribution in [0.1, 0.15) is 15.9 Å². The zero-order valence-electron chi connectivity index (χ0n) is 11.4. The molecule has 0 fully saturated rings. The molecular weight excluding hydrogens is 246 g/mol. The highest BCUT2D eigenvalue weighted by atomic mass is 16.4. The third-order valence-corrected chi connectivity index (χ3v) is 2.75. The van der Waals surface area contributed by atoms with Crippen molar-refractivity contribution in [3.63, 3.8) is 0 Å². The molecule has 0 saturated heterocycles. The minimum Gasteiger partial charge on any atom is -0.478 e. The number of aromatic carboxylic acids is 1. The van der Waals surface area contributed by atoms with Gasteiger partial charge in [-0.25, -0.2) is 9.59 Å². The van der Waals surface area contributed by atoms with Crippen molar-refractivity contribution in [3.8, 4) is 0 Å². The largest absolute Gasteiger partial charge is 0.478 e. The summed E-state index contributed by atoms with van der Waals surface area (Å²) < 4.78 is 0. The molecule has 2 amide bonds. The molecule has 6 nitrogen and oxygen atoms in total. The number of nitrogens with one attached hydrogen (secondary N) is 2. The summed E-state index contributed by atoms with van der Waals surface area (Å²) in [5.41, 5.74) is 1.44. The van der Waals surface area contributed by atoms with Crippen LogP contribution in [0.4, 0.5) is 10.5 Å². The Balaban J connectivity index is 2.70. The second-order valence-corrected chi connectivity index (χ2v) is 4.29. The lowest BCUT2D eigenvalue weighted by Crippen LogP contribution is -2.35. The molecule has 0 atom stereocenters. The lowest BCUT2D eigenvalue weighted by molar-refractivity contribution is 0.0696. The number of carbonyl (C=O) groups is 2. The van der Waals surface area contributed by atoms with E-state index in [0.717, 1.165) is 0 Å². The summed E-state index contributed by atoms with van der Waals surface area (Å²) in [5, 5.41) is 14.6. The second kappa shape index (κ2) is 6.75. The average molecular weight is 265 g/mol. The van der Waals surface area contributed by atoms with Gasteiger partial charge in [-0.2, -0.15) is 0 Å². The monoisotopic (exact) mass is 265 g/mol. The molecule has 19 heavy (non-hydrogen) atoms. The predicted octanol–water partition coefficient (Wildman–Crippen LogP) is 1.38. The first-order chi connectivity index (χ1) is 8.95. The Hall–Kier alpha value is -2.08. The van der Waals surface area contributed by atoms with Crippen LogP contribution in [0.2, 0.25) is 0 Å². The van der Waals surface area contributed by atoms with E-state index in [-0.39, 0.29) is 11.6 Å². The van der Waals surface area contributed by atoms with Gasteiger partial charge in [-0.05, 0) is 37.7 Å². The van der Waals surface area contributed by atoms with Gasteiger partial charge in [-0.1, -0.05) is 0 Å². The number of amides is 2. The molecule has 0 aliphatic heterocycles. The normalized spacial score (nSPS) is 10.1. The van der Waals surface area contributed by atoms with E-state index in [0.29, 0.717) is 24.3 Å². The number of nitrogens with zero attached hydrogens (tertiary/aromatic N) is 1. The molecule has 0 aliphatic rings. The summed E-state index contributed by atoms with van der Waals surface area (Å²) in [6, 6.07) is 4.49. The van der Waals surface area contributed by atoms with Crippen LogP contribution in [0.3, 0.4) is 0 Å². The van der Waals surface area contributed by atoms with Crippen LogP contribution in [0.15, 0.2) is 18.2 Å². The van der Waals surface area contributed by atoms with Crippen LogP contribution in [0, 0.1) is 6.92 Å². The van der Waals surface area contributed by atoms with Gasteiger partial charge in [0.05, 0.1) is 5.56 Å². The Labute approximate surface area is 112 Å². The maximum Gasteiger partial charge on any atom is 0.335 e. The molecule has 6 heteroatoms. The van der Waals surface area contributed by atoms with E-state index in [9.17, 15) is 9.59 Å². The van der Waals surface area contributed by atoms with E-state index < -0.39 is 5.97 Å². The maximum absolute atomic E-state index is 11.8. The number of carboxylic acid groups (broad SMARTS) is 1. The Morgan fingerprint density at radius 2 is 2.05 bits per heavy atom. The maximum atomic E-state index is 11.8. The van der Waals surface area contributed by atoms with Crippen LogP contribution in [0.25, 0.3) is 0 Å². The predicted molar refractivity (Wildman–Crippen MR) is 73.7 cm³/mol. The standard InChI is InChI=1S/C13H19N3O3/c1-9-8-10(4-5-11(9)12(17)18)15-13(19)16(3)7-6-14-2/h4-5,8,14H,6-7H2,1-3H3,(H,15,19)(H,17,18). The SMILES string of the molecule is CNCCN(C)C(=O)Nc1ccc(C(=O)O)c(C)c1. The quantitative estimate of drug-likeness (QED) is 0.751. The fourth-order valence-electron chi connectivity index (χ4n) is 1.58. The van der Waals surface area contributed by atoms with Crippen molar-refractivity contribution < 1.29 is 14.7 Å². The van der Waals surface area contributed by atoms with Gasteiger partial charge in [0.2, 0.25) is 0 Å². The molecule has 0 spiro atoms. The van der Waals surface area contributed by atoms with Crippen LogP contribution in [-0.2, 0) is 0 Å². The first kappa shape index (κ1) is 15.0. The van der Waals surface area contributed by atoms with E-state index in [1.807, 2.05) is 7.05 Å². The zero-order chi connectivity index (χ0) is 14.4. The number of carboxylic acids is 1. The summed E-state index contributed by atoms with van der Waals surface area (Å²) in [6.45, 7) is 3.00. The second-order valence-electron chi connectivity index (χ2n) is 4.29. The number of anilines is 1. The van der Waals surface area contributed by atoms with Crippen molar-refractivity contribution in [3.05, 3.63) is 29.3 Å². The van der Waals surface area contributed by atoms with Crippen LogP contribution in [0.5, 0.6) is 0 Å². The molecular formula is C13H19N3O3. The average Bonchev–Trinajstić information content (AvgIpc) is 2.35. The zero-order valence-corrected chi connectivity index (χ0v) is 11.4. The fraction of sp³-hybridized carbons (Fsp3) is 0.385. The molecule has 0 aliphatic carbocycles. The third-order valence-electron chi connectivity index (χ3n) is 2.75. The van der Waals surface area contributed by atoms with Gasteiger partial charge < -0.3 is 20.6 Å². The number of benzene rings is 1. The minimum absolute atomic E-state index is 0.224. The Bertz CT molecular complexity index is 474. The Morgan fingerprint density at radius 3 is 2.58 bits per heavy atom. The lowest BCUT2D eigenvalue weighted by atomic mass is 10.1. The molecule has 0 bridgehead atoms. The third kappa shape index (κ3) is 4.26. The van der Waals surface area contributed by atoms with Gasteiger partial charge in [-0.15, -0.1) is 0 Å². The first-order valence-corrected chi connectivity index (χ1v) is 5.96. The summed E-state index contributed by atoms with van der Waals surface area (Å²) in [7, 11) is 3.52. The van der Waals surface area contributed by atoms with Crippen molar-refractivity contribution in [1.82, 2.24) is 10.2 Å². The fourth-order valence-corrected chi connectivity index (χ4v) is 1.58. The molecule has 0 heterocycles. The molecule has 104 valence electrons. The van der Waals surface area contributed by atoms with Crippen molar-refractivity contribution in [2.75, 3.05) is 32.5 Å². The highest BCUT2D eigenvalue weighted by Crippen LogP contribution is 2.15. The van der Waals surface area contributed by atoms with E-state index in [2.05, 4.69) is 10.6 Å². The highest BCUT2D eigenvalue weighted by Gasteiger charge is 2.11. The van der Waals surface area contributed by atoms with Gasteiger partial charge in [0.15, 0.2) is 0 Å². The topological polar surface area (TPSA) is 81.7 Å². The number of rotatable bonds is 5. The van der Waals surface area contributed by atoms with Crippen molar-refractivity contribution in [1.29, 1.82) is 0 Å². The molecule has 0 aromatic heterocycles. The van der Waals surface area contributed by atoms with E-state index in [1.54, 1.807) is 31.0 Å². The Kier molecular flexibility index (Phi) is 5.32. The van der Waals surface area contributed by atoms with E-state index in [4.69, 9.17) is 5.11 Å². The van der Waals surface area contributed by atoms with Gasteiger partial charge in [0, 0.05) is 25.8 Å². The molecule has 1 rings (SSSR count). The molecule has 1 aromatic rings. The number of aryl methyl sites for hydroxylation is 1. The molecule has 3 N–H and O–H groups in total. The number of carbonyl (C=O) groups excluding carboxylic acids is 1. The summed E-state index contributed by atoms with van der Waals surface area (Å²) in [6.07, 6.45) is 0. The highest BCUT2D eigenvalue weighted by molar-refractivity contribution is 5.92. The van der Waals surface area contributed by atoms with Crippen LogP contribution in [-0.4, -0.2) is 49.2 Å². The minimum atomic E-state index is -0.971. The number of hydrogen-bond acceptors (Lipinski definition) is 3. The van der Waals surface area contributed by atoms with Gasteiger partial charge >= 0.3 is 12.0 Å². The summed E-state index contributed by atoms with van der Waals surface area (Å²) >= 11 is 0. The molecule has 1 aromatic carbocycles. The number of urea groups is 1. The summed E-state index contributed by atoms with van der Waals surface area (Å²) in [5.74, 6) is -0.971. The van der Waals surface area contributed by atoms with Crippen molar-refractivity contribution in [2.24, 2.45) is 0 Å². The van der Waals surface area contributed by atoms with E-state index in [1.165, 1.54) is 6.07 Å². The first-order valence-electron chi connectivity index (χ1n) is 5.96. The number of hydrogen-bond donors (Lipinski definition) is 3. The van der Waals surface area contributed by atoms with Crippen LogP contribution < -0.4 is 10.6 Å². The van der Waals surface area contributed by atoms with Gasteiger partial charge in [-0.3, -0.25) is 0 Å². The molecule has 0 saturated carbocycles. The summed E-state index contributed by atoms with van der Waals surface area (Å²) in [4.78, 5) is 24.3. The number of likely N-dealkylation sites (N-methyl/N-ethyl adjacent to an activating group) is 2. The van der Waals surface area contributed by atoms with Crippen molar-refractivity contribution in [2.45, 2.75) is 6.92 Å². The van der Waals surface area contributed by atoms with Gasteiger partial charge in [0.25, 0.3) is 0 Å². The Morgan fingerprint density at radius 1 is 1.37 bits per heavy atom. The smallest absolute Gasteiger partial charge is 0.335 e. The van der Waals surface area contributed by atoms with Gasteiger partial charge in [0.1, 0.15) is 0 Å².